The van der Waals surface area contributed by atoms with Gasteiger partial charge in [0, 0.05) is 32.6 Å². The minimum absolute atomic E-state index is 0.225. The van der Waals surface area contributed by atoms with Gasteiger partial charge in [0.1, 0.15) is 0 Å². The lowest BCUT2D eigenvalue weighted by molar-refractivity contribution is -0.130. The molecular weight excluding hydrogens is 344 g/mol. The predicted molar refractivity (Wildman–Crippen MR) is 112 cm³/mol. The zero-order valence-electron chi connectivity index (χ0n) is 18.3. The van der Waals surface area contributed by atoms with Crippen molar-refractivity contribution in [2.24, 2.45) is 34.0 Å². The topological polar surface area (TPSA) is 23.6 Å². The van der Waals surface area contributed by atoms with Crippen LogP contribution in [0.3, 0.4) is 0 Å². The van der Waals surface area contributed by atoms with Gasteiger partial charge in [0.15, 0.2) is 0 Å². The highest BCUT2D eigenvalue weighted by Crippen LogP contribution is 2.80. The molecule has 1 saturated heterocycles. The number of hydrogen-bond donors (Lipinski definition) is 0. The lowest BCUT2D eigenvalue weighted by atomic mass is 9.46. The van der Waals surface area contributed by atoms with Crippen LogP contribution >= 0.6 is 0 Å². The Labute approximate surface area is 170 Å². The number of allylic oxidation sites excluding steroid dienone is 1. The van der Waals surface area contributed by atoms with Crippen LogP contribution in [0.4, 0.5) is 0 Å². The van der Waals surface area contributed by atoms with E-state index in [1.807, 2.05) is 11.9 Å². The monoisotopic (exact) mass is 382 g/mol. The molecule has 2 spiro atoms. The first kappa shape index (κ1) is 18.0. The van der Waals surface area contributed by atoms with Crippen LogP contribution in [0.1, 0.15) is 71.6 Å². The van der Waals surface area contributed by atoms with Crippen LogP contribution in [-0.2, 0) is 4.79 Å². The number of likely N-dealkylation sites (tertiary alicyclic amines) is 1. The first-order valence-electron chi connectivity index (χ1n) is 12.0. The van der Waals surface area contributed by atoms with Gasteiger partial charge in [-0.05, 0) is 98.8 Å². The molecule has 0 aromatic rings. The summed E-state index contributed by atoms with van der Waals surface area (Å²) in [6, 6.07) is 1.35. The zero-order valence-corrected chi connectivity index (χ0v) is 18.3. The summed E-state index contributed by atoms with van der Waals surface area (Å²) in [5, 5.41) is 0. The molecule has 3 nitrogen and oxygen atoms in total. The molecule has 0 bridgehead atoms. The van der Waals surface area contributed by atoms with Gasteiger partial charge < -0.3 is 9.80 Å². The molecule has 5 fully saturated rings. The third-order valence-electron chi connectivity index (χ3n) is 11.3. The van der Waals surface area contributed by atoms with Gasteiger partial charge in [-0.3, -0.25) is 4.79 Å². The van der Waals surface area contributed by atoms with Crippen molar-refractivity contribution in [3.63, 3.8) is 0 Å². The summed E-state index contributed by atoms with van der Waals surface area (Å²) in [4.78, 5) is 16.6. The fourth-order valence-corrected chi connectivity index (χ4v) is 9.79. The molecular formula is C25H38N2O. The number of carbonyl (C=O) groups excluding carboxylic acids is 1. The van der Waals surface area contributed by atoms with Gasteiger partial charge in [-0.1, -0.05) is 18.6 Å². The van der Waals surface area contributed by atoms with Crippen LogP contribution < -0.4 is 0 Å². The summed E-state index contributed by atoms with van der Waals surface area (Å²) in [6.07, 6.45) is 15.1. The smallest absolute Gasteiger partial charge is 0.219 e. The van der Waals surface area contributed by atoms with Crippen LogP contribution in [0.15, 0.2) is 11.6 Å². The van der Waals surface area contributed by atoms with E-state index in [0.717, 1.165) is 35.6 Å². The average Bonchev–Trinajstić information content (AvgIpc) is 3.25. The summed E-state index contributed by atoms with van der Waals surface area (Å²) in [5.74, 6) is 3.03. The van der Waals surface area contributed by atoms with Crippen molar-refractivity contribution >= 4 is 5.91 Å². The third-order valence-corrected chi connectivity index (χ3v) is 11.3. The van der Waals surface area contributed by atoms with Crippen molar-refractivity contribution in [2.75, 3.05) is 20.6 Å². The molecule has 0 aromatic heterocycles. The molecule has 1 heterocycles. The number of piperidine rings is 1. The molecule has 4 saturated carbocycles. The predicted octanol–water partition coefficient (Wildman–Crippen LogP) is 4.48. The van der Waals surface area contributed by atoms with Gasteiger partial charge in [0.25, 0.3) is 0 Å². The maximum Gasteiger partial charge on any atom is 0.219 e. The fourth-order valence-electron chi connectivity index (χ4n) is 9.79. The fraction of sp³-hybridized carbons (Fsp3) is 0.880. The number of nitrogens with zero attached hydrogens (tertiary/aromatic N) is 2. The molecule has 3 heteroatoms. The lowest BCUT2D eigenvalue weighted by Crippen LogP contribution is -2.53. The summed E-state index contributed by atoms with van der Waals surface area (Å²) in [6.45, 7) is 5.72. The van der Waals surface area contributed by atoms with E-state index >= 15 is 0 Å². The molecule has 0 aromatic carbocycles. The molecule has 6 rings (SSSR count). The van der Waals surface area contributed by atoms with Crippen molar-refractivity contribution in [1.82, 2.24) is 9.80 Å². The molecule has 28 heavy (non-hydrogen) atoms. The highest BCUT2D eigenvalue weighted by atomic mass is 16.2. The minimum Gasteiger partial charge on any atom is -0.343 e. The average molecular weight is 383 g/mol. The van der Waals surface area contributed by atoms with Crippen LogP contribution in [0.25, 0.3) is 0 Å². The first-order valence-corrected chi connectivity index (χ1v) is 12.0. The molecule has 0 radical (unpaired) electrons. The minimum atomic E-state index is 0.225. The van der Waals surface area contributed by atoms with Crippen LogP contribution in [-0.4, -0.2) is 48.4 Å². The molecule has 8 atom stereocenters. The summed E-state index contributed by atoms with van der Waals surface area (Å²) >= 11 is 0. The molecule has 0 N–H and O–H groups in total. The second kappa shape index (κ2) is 5.45. The van der Waals surface area contributed by atoms with Crippen LogP contribution in [0, 0.1) is 34.0 Å². The molecule has 1 aliphatic heterocycles. The first-order chi connectivity index (χ1) is 13.3. The Bertz CT molecular complexity index is 760. The Morgan fingerprint density at radius 3 is 2.64 bits per heavy atom. The van der Waals surface area contributed by atoms with E-state index in [1.165, 1.54) is 57.9 Å². The van der Waals surface area contributed by atoms with E-state index in [1.54, 1.807) is 12.5 Å². The largest absolute Gasteiger partial charge is 0.343 e. The highest BCUT2D eigenvalue weighted by molar-refractivity contribution is 5.73. The Kier molecular flexibility index (Phi) is 3.50. The van der Waals surface area contributed by atoms with Crippen LogP contribution in [0.5, 0.6) is 0 Å². The molecule has 6 aliphatic rings. The Hall–Kier alpha value is -0.830. The normalized spacial score (nSPS) is 54.0. The number of rotatable bonds is 1. The standard InChI is InChI=1S/C25H38N2O/c1-16(28)27(4)18-7-10-23(2)17(13-18)5-6-19-20(23)8-12-25-15-26(3)22-14-24(22,25)11-9-21(19)25/h5,18-22H,6-15H2,1-4H3/t18-,19+,20?,21-,22-,23-,24-,25+/m0/s1. The number of carbonyl (C=O) groups is 1. The zero-order chi connectivity index (χ0) is 19.5. The summed E-state index contributed by atoms with van der Waals surface area (Å²) < 4.78 is 0. The van der Waals surface area contributed by atoms with Crippen molar-refractivity contribution in [3.8, 4) is 0 Å². The Balaban J connectivity index is 1.30. The van der Waals surface area contributed by atoms with Gasteiger partial charge in [0.2, 0.25) is 5.91 Å². The summed E-state index contributed by atoms with van der Waals surface area (Å²) in [5.41, 5.74) is 3.50. The second-order valence-electron chi connectivity index (χ2n) is 11.8. The van der Waals surface area contributed by atoms with Gasteiger partial charge in [0.05, 0.1) is 0 Å². The lowest BCUT2D eigenvalue weighted by Gasteiger charge is -2.59. The third kappa shape index (κ3) is 1.94. The van der Waals surface area contributed by atoms with Crippen molar-refractivity contribution in [2.45, 2.75) is 83.7 Å². The molecule has 1 amide bonds. The summed E-state index contributed by atoms with van der Waals surface area (Å²) in [7, 11) is 4.41. The SMILES string of the molecule is CC(=O)N(C)[C@H]1CC[C@@]2(C)C(=CC[C@@H]3C2CC[C@]24CN(C)[C@H]5C[C@@]52CC[C@@H]34)C1. The molecule has 5 aliphatic carbocycles. The van der Waals surface area contributed by atoms with E-state index in [2.05, 4.69) is 24.9 Å². The van der Waals surface area contributed by atoms with Gasteiger partial charge in [-0.2, -0.15) is 0 Å². The second-order valence-corrected chi connectivity index (χ2v) is 11.8. The Morgan fingerprint density at radius 1 is 1.14 bits per heavy atom. The number of hydrogen-bond acceptors (Lipinski definition) is 2. The highest BCUT2D eigenvalue weighted by Gasteiger charge is 2.78. The van der Waals surface area contributed by atoms with E-state index < -0.39 is 0 Å². The molecule has 154 valence electrons. The van der Waals surface area contributed by atoms with E-state index in [9.17, 15) is 4.79 Å². The van der Waals surface area contributed by atoms with Crippen molar-refractivity contribution in [1.29, 1.82) is 0 Å². The van der Waals surface area contributed by atoms with Gasteiger partial charge in [-0.15, -0.1) is 0 Å². The van der Waals surface area contributed by atoms with Crippen LogP contribution in [0.2, 0.25) is 0 Å². The van der Waals surface area contributed by atoms with Gasteiger partial charge >= 0.3 is 0 Å². The molecule has 1 unspecified atom stereocenters. The van der Waals surface area contributed by atoms with Crippen molar-refractivity contribution in [3.05, 3.63) is 11.6 Å². The number of fused-ring (bicyclic) bond motifs is 4. The Morgan fingerprint density at radius 2 is 1.89 bits per heavy atom. The van der Waals surface area contributed by atoms with E-state index in [-0.39, 0.29) is 5.91 Å². The van der Waals surface area contributed by atoms with E-state index in [0.29, 0.717) is 16.9 Å². The maximum absolute atomic E-state index is 11.9. The van der Waals surface area contributed by atoms with Crippen molar-refractivity contribution < 1.29 is 4.79 Å². The maximum atomic E-state index is 11.9. The number of amides is 1. The van der Waals surface area contributed by atoms with Gasteiger partial charge in [-0.25, -0.2) is 0 Å². The quantitative estimate of drug-likeness (QED) is 0.624. The van der Waals surface area contributed by atoms with E-state index in [4.69, 9.17) is 0 Å².